The van der Waals surface area contributed by atoms with Gasteiger partial charge in [0.2, 0.25) is 5.91 Å². The summed E-state index contributed by atoms with van der Waals surface area (Å²) >= 11 is 2.80. The number of nitrogens with one attached hydrogen (secondary N) is 1. The van der Waals surface area contributed by atoms with Crippen LogP contribution in [0.3, 0.4) is 0 Å². The van der Waals surface area contributed by atoms with Gasteiger partial charge < -0.3 is 9.73 Å². The van der Waals surface area contributed by atoms with Gasteiger partial charge in [-0.05, 0) is 56.2 Å². The average molecular weight is 471 g/mol. The molecule has 0 aliphatic heterocycles. The molecule has 1 aliphatic carbocycles. The predicted octanol–water partition coefficient (Wildman–Crippen LogP) is 4.12. The predicted molar refractivity (Wildman–Crippen MR) is 126 cm³/mol. The number of aryl methyl sites for hydroxylation is 2. The molecule has 0 spiro atoms. The standard InChI is InChI=1S/C23H26N4O3S2/c1-14(2)23(3,13-24)26-18(28)12-31-22-25-20-19(16-8-4-5-9-17(16)32-20)21(29)27(22)11-15-7-6-10-30-15/h6-7,10,14H,4-5,8-9,11-12H2,1-3H3,(H,26,28). The number of carbonyl (C=O) groups excluding carboxylic acids is 1. The first-order valence-electron chi connectivity index (χ1n) is 10.7. The van der Waals surface area contributed by atoms with E-state index < -0.39 is 5.54 Å². The van der Waals surface area contributed by atoms with Gasteiger partial charge in [-0.15, -0.1) is 11.3 Å². The van der Waals surface area contributed by atoms with Gasteiger partial charge in [0.15, 0.2) is 5.16 Å². The summed E-state index contributed by atoms with van der Waals surface area (Å²) in [6.07, 6.45) is 5.69. The Bertz CT molecular complexity index is 1240. The van der Waals surface area contributed by atoms with Gasteiger partial charge >= 0.3 is 0 Å². The van der Waals surface area contributed by atoms with E-state index in [0.29, 0.717) is 16.3 Å². The van der Waals surface area contributed by atoms with Crippen LogP contribution >= 0.6 is 23.1 Å². The summed E-state index contributed by atoms with van der Waals surface area (Å²) in [7, 11) is 0. The van der Waals surface area contributed by atoms with Crippen LogP contribution in [0, 0.1) is 17.2 Å². The van der Waals surface area contributed by atoms with Crippen molar-refractivity contribution >= 4 is 39.2 Å². The Hall–Kier alpha value is -2.57. The molecule has 1 amide bonds. The maximum atomic E-state index is 13.5. The molecular formula is C23H26N4O3S2. The SMILES string of the molecule is CC(C)C(C)(C#N)NC(=O)CSc1nc2sc3c(c2c(=O)n1Cc1ccco1)CCCC3. The number of hydrogen-bond donors (Lipinski definition) is 1. The minimum atomic E-state index is -0.949. The highest BCUT2D eigenvalue weighted by Crippen LogP contribution is 2.34. The maximum absolute atomic E-state index is 13.5. The number of rotatable bonds is 7. The highest BCUT2D eigenvalue weighted by atomic mass is 32.2. The molecule has 0 radical (unpaired) electrons. The zero-order chi connectivity index (χ0) is 22.9. The van der Waals surface area contributed by atoms with E-state index in [-0.39, 0.29) is 29.7 Å². The molecule has 0 saturated carbocycles. The van der Waals surface area contributed by atoms with E-state index in [1.54, 1.807) is 35.2 Å². The number of furan rings is 1. The van der Waals surface area contributed by atoms with E-state index >= 15 is 0 Å². The quantitative estimate of drug-likeness (QED) is 0.412. The monoisotopic (exact) mass is 470 g/mol. The van der Waals surface area contributed by atoms with E-state index in [0.717, 1.165) is 36.1 Å². The van der Waals surface area contributed by atoms with Gasteiger partial charge in [-0.3, -0.25) is 14.2 Å². The molecule has 9 heteroatoms. The van der Waals surface area contributed by atoms with Crippen molar-refractivity contribution in [3.05, 3.63) is 45.0 Å². The highest BCUT2D eigenvalue weighted by molar-refractivity contribution is 7.99. The second-order valence-electron chi connectivity index (χ2n) is 8.56. The molecule has 0 fully saturated rings. The minimum Gasteiger partial charge on any atom is -0.467 e. The summed E-state index contributed by atoms with van der Waals surface area (Å²) in [4.78, 5) is 33.0. The lowest BCUT2D eigenvalue weighted by molar-refractivity contribution is -0.120. The third-order valence-corrected chi connectivity index (χ3v) is 8.21. The molecule has 1 unspecified atom stereocenters. The Kier molecular flexibility index (Phi) is 6.45. The first-order valence-corrected chi connectivity index (χ1v) is 12.5. The molecule has 168 valence electrons. The van der Waals surface area contributed by atoms with Crippen LogP contribution in [0.25, 0.3) is 10.2 Å². The molecule has 1 atom stereocenters. The zero-order valence-electron chi connectivity index (χ0n) is 18.4. The number of aromatic nitrogens is 2. The molecule has 4 rings (SSSR count). The van der Waals surface area contributed by atoms with Gasteiger partial charge in [0.1, 0.15) is 16.1 Å². The van der Waals surface area contributed by atoms with Crippen molar-refractivity contribution in [1.29, 1.82) is 5.26 Å². The first-order chi connectivity index (χ1) is 15.3. The number of hydrogen-bond acceptors (Lipinski definition) is 7. The number of nitrogens with zero attached hydrogens (tertiary/aromatic N) is 3. The van der Waals surface area contributed by atoms with Crippen LogP contribution in [0.5, 0.6) is 0 Å². The molecular weight excluding hydrogens is 444 g/mol. The lowest BCUT2D eigenvalue weighted by Gasteiger charge is -2.27. The van der Waals surface area contributed by atoms with Crippen molar-refractivity contribution in [3.63, 3.8) is 0 Å². The molecule has 7 nitrogen and oxygen atoms in total. The topological polar surface area (TPSA) is 101 Å². The molecule has 1 N–H and O–H groups in total. The lowest BCUT2D eigenvalue weighted by Crippen LogP contribution is -2.49. The Labute approximate surface area is 194 Å². The third-order valence-electron chi connectivity index (χ3n) is 6.05. The van der Waals surface area contributed by atoms with Crippen molar-refractivity contribution in [2.24, 2.45) is 5.92 Å². The highest BCUT2D eigenvalue weighted by Gasteiger charge is 2.30. The van der Waals surface area contributed by atoms with Gasteiger partial charge in [0.25, 0.3) is 5.56 Å². The smallest absolute Gasteiger partial charge is 0.263 e. The summed E-state index contributed by atoms with van der Waals surface area (Å²) in [5.41, 5.74) is 0.103. The number of thiophene rings is 1. The fourth-order valence-electron chi connectivity index (χ4n) is 3.79. The van der Waals surface area contributed by atoms with Crippen molar-refractivity contribution < 1.29 is 9.21 Å². The second-order valence-corrected chi connectivity index (χ2v) is 10.6. The Morgan fingerprint density at radius 3 is 2.91 bits per heavy atom. The molecule has 3 aromatic rings. The average Bonchev–Trinajstić information content (AvgIpc) is 3.41. The van der Waals surface area contributed by atoms with Crippen molar-refractivity contribution in [2.75, 3.05) is 5.75 Å². The van der Waals surface area contributed by atoms with E-state index in [4.69, 9.17) is 9.40 Å². The van der Waals surface area contributed by atoms with Gasteiger partial charge in [-0.25, -0.2) is 4.98 Å². The van der Waals surface area contributed by atoms with Crippen LogP contribution < -0.4 is 10.9 Å². The lowest BCUT2D eigenvalue weighted by atomic mass is 9.90. The molecule has 3 heterocycles. The molecule has 0 saturated heterocycles. The molecule has 0 aromatic carbocycles. The van der Waals surface area contributed by atoms with Gasteiger partial charge in [0, 0.05) is 4.88 Å². The second kappa shape index (κ2) is 9.12. The van der Waals surface area contributed by atoms with Gasteiger partial charge in [-0.1, -0.05) is 25.6 Å². The molecule has 3 aromatic heterocycles. The Balaban J connectivity index is 1.67. The summed E-state index contributed by atoms with van der Waals surface area (Å²) in [6.45, 7) is 5.76. The summed E-state index contributed by atoms with van der Waals surface area (Å²) < 4.78 is 7.08. The van der Waals surface area contributed by atoms with Crippen LogP contribution in [-0.2, 0) is 24.2 Å². The van der Waals surface area contributed by atoms with Crippen LogP contribution in [0.2, 0.25) is 0 Å². The number of thioether (sulfide) groups is 1. The fraction of sp³-hybridized carbons (Fsp3) is 0.478. The largest absolute Gasteiger partial charge is 0.467 e. The summed E-state index contributed by atoms with van der Waals surface area (Å²) in [5, 5.41) is 13.5. The molecule has 0 bridgehead atoms. The number of carbonyl (C=O) groups is 1. The molecule has 32 heavy (non-hydrogen) atoms. The van der Waals surface area contributed by atoms with Crippen molar-refractivity contribution in [1.82, 2.24) is 14.9 Å². The Morgan fingerprint density at radius 2 is 2.22 bits per heavy atom. The van der Waals surface area contributed by atoms with E-state index in [2.05, 4.69) is 11.4 Å². The molecule has 1 aliphatic rings. The number of amides is 1. The van der Waals surface area contributed by atoms with Crippen molar-refractivity contribution in [3.8, 4) is 6.07 Å². The summed E-state index contributed by atoms with van der Waals surface area (Å²) in [5.74, 6) is 0.411. The third kappa shape index (κ3) is 4.34. The van der Waals surface area contributed by atoms with Crippen LogP contribution in [-0.4, -0.2) is 26.8 Å². The number of fused-ring (bicyclic) bond motifs is 3. The number of nitriles is 1. The van der Waals surface area contributed by atoms with Crippen LogP contribution in [0.4, 0.5) is 0 Å². The Morgan fingerprint density at radius 1 is 1.44 bits per heavy atom. The van der Waals surface area contributed by atoms with E-state index in [1.165, 1.54) is 16.6 Å². The first kappa shape index (κ1) is 22.6. The zero-order valence-corrected chi connectivity index (χ0v) is 20.1. The normalized spacial score (nSPS) is 15.3. The fourth-order valence-corrected chi connectivity index (χ4v) is 5.89. The van der Waals surface area contributed by atoms with Crippen LogP contribution in [0.15, 0.2) is 32.8 Å². The van der Waals surface area contributed by atoms with Gasteiger partial charge in [0.05, 0.1) is 30.0 Å². The van der Waals surface area contributed by atoms with E-state index in [1.807, 2.05) is 19.9 Å². The van der Waals surface area contributed by atoms with E-state index in [9.17, 15) is 14.9 Å². The maximum Gasteiger partial charge on any atom is 0.263 e. The minimum absolute atomic E-state index is 0.0366. The van der Waals surface area contributed by atoms with Crippen LogP contribution in [0.1, 0.15) is 49.8 Å². The summed E-state index contributed by atoms with van der Waals surface area (Å²) in [6, 6.07) is 5.79. The van der Waals surface area contributed by atoms with Crippen molar-refractivity contribution in [2.45, 2.75) is 63.7 Å². The van der Waals surface area contributed by atoms with Gasteiger partial charge in [-0.2, -0.15) is 5.26 Å².